The molecule has 0 saturated heterocycles. The summed E-state index contributed by atoms with van der Waals surface area (Å²) in [6, 6.07) is 0. The first kappa shape index (κ1) is 14.6. The van der Waals surface area contributed by atoms with Crippen molar-refractivity contribution in [3.63, 3.8) is 0 Å². The Morgan fingerprint density at radius 2 is 1.55 bits per heavy atom. The van der Waals surface area contributed by atoms with Crippen LogP contribution in [0.1, 0.15) is 0 Å². The van der Waals surface area contributed by atoms with Crippen molar-refractivity contribution >= 4 is 0 Å². The highest BCUT2D eigenvalue weighted by Crippen LogP contribution is 2.13. The molecule has 0 amide bonds. The van der Waals surface area contributed by atoms with Crippen LogP contribution < -0.4 is 11.1 Å². The average Bonchev–Trinajstić information content (AvgIpc) is 2.26. The molecule has 1 aliphatic rings. The molecule has 1 aliphatic heterocycles. The van der Waals surface area contributed by atoms with Gasteiger partial charge in [0.15, 0.2) is 21.3 Å². The largest absolute Gasteiger partial charge is 0.371 e. The second kappa shape index (κ2) is 5.43. The van der Waals surface area contributed by atoms with Gasteiger partial charge >= 0.3 is 5.82 Å². The van der Waals surface area contributed by atoms with E-state index in [1.165, 1.54) is 11.1 Å². The molecule has 0 fully saturated rings. The standard InChI is InChI=1S/C3H5N9O8/c13-9(14)3-1-8(12(19)20)7(5-11(17)18)2-6(3)4-10(15)16/h1,4-5H,2H2. The van der Waals surface area contributed by atoms with E-state index in [0.717, 1.165) is 0 Å². The Kier molecular flexibility index (Phi) is 3.95. The number of nitro groups is 4. The van der Waals surface area contributed by atoms with Crippen LogP contribution in [0.5, 0.6) is 0 Å². The van der Waals surface area contributed by atoms with Crippen LogP contribution in [-0.2, 0) is 0 Å². The Labute approximate surface area is 107 Å². The van der Waals surface area contributed by atoms with E-state index in [1.54, 1.807) is 0 Å². The van der Waals surface area contributed by atoms with E-state index in [2.05, 4.69) is 0 Å². The lowest BCUT2D eigenvalue weighted by atomic mass is 10.6. The number of hydrogen-bond acceptors (Lipinski definition) is 10. The van der Waals surface area contributed by atoms with Crippen LogP contribution in [0.2, 0.25) is 0 Å². The minimum atomic E-state index is -1.20. The van der Waals surface area contributed by atoms with Crippen LogP contribution in [-0.4, -0.2) is 41.9 Å². The number of hydrogen-bond donors (Lipinski definition) is 2. The Morgan fingerprint density at radius 3 is 1.95 bits per heavy atom. The van der Waals surface area contributed by atoms with E-state index in [0.29, 0.717) is 0 Å². The van der Waals surface area contributed by atoms with Gasteiger partial charge in [0.25, 0.3) is 0 Å². The molecule has 0 aromatic carbocycles. The summed E-state index contributed by atoms with van der Waals surface area (Å²) < 4.78 is 0. The molecule has 0 bridgehead atoms. The van der Waals surface area contributed by atoms with Gasteiger partial charge in [0, 0.05) is 15.8 Å². The third kappa shape index (κ3) is 3.25. The molecule has 17 nitrogen and oxygen atoms in total. The van der Waals surface area contributed by atoms with Crippen molar-refractivity contribution in [1.29, 1.82) is 0 Å². The first-order valence-corrected chi connectivity index (χ1v) is 4.38. The van der Waals surface area contributed by atoms with Gasteiger partial charge in [-0.15, -0.1) is 0 Å². The monoisotopic (exact) mass is 295 g/mol. The SMILES string of the molecule is O=[N+]([O-])NN1CN(N[N+](=O)[O-])N([N+](=O)[O-])C=C1[N+](=O)[O-]. The minimum Gasteiger partial charge on any atom is -0.358 e. The lowest BCUT2D eigenvalue weighted by Crippen LogP contribution is -2.63. The van der Waals surface area contributed by atoms with Gasteiger partial charge in [-0.1, -0.05) is 5.01 Å². The van der Waals surface area contributed by atoms with E-state index in [9.17, 15) is 40.5 Å². The highest BCUT2D eigenvalue weighted by atomic mass is 16.7. The average molecular weight is 295 g/mol. The fraction of sp³-hybridized carbons (Fsp3) is 0.333. The third-order valence-electron chi connectivity index (χ3n) is 1.78. The number of nitrogens with zero attached hydrogens (tertiary/aromatic N) is 7. The minimum absolute atomic E-state index is 0.0982. The third-order valence-corrected chi connectivity index (χ3v) is 1.78. The number of hydrazine groups is 6. The summed E-state index contributed by atoms with van der Waals surface area (Å²) in [7, 11) is 0. The molecule has 1 rings (SSSR count). The van der Waals surface area contributed by atoms with Crippen molar-refractivity contribution in [2.24, 2.45) is 0 Å². The van der Waals surface area contributed by atoms with Gasteiger partial charge in [0.2, 0.25) is 6.67 Å². The second-order valence-corrected chi connectivity index (χ2v) is 2.99. The quantitative estimate of drug-likeness (QED) is 0.382. The van der Waals surface area contributed by atoms with E-state index in [1.807, 2.05) is 0 Å². The first-order valence-electron chi connectivity index (χ1n) is 4.38. The summed E-state index contributed by atoms with van der Waals surface area (Å²) in [6.45, 7) is -0.963. The Balaban J connectivity index is 3.12. The van der Waals surface area contributed by atoms with Crippen molar-refractivity contribution < 1.29 is 20.0 Å². The fourth-order valence-electron chi connectivity index (χ4n) is 1.15. The van der Waals surface area contributed by atoms with Crippen LogP contribution in [0.25, 0.3) is 0 Å². The van der Waals surface area contributed by atoms with Gasteiger partial charge in [0.05, 0.1) is 0 Å². The molecule has 2 N–H and O–H groups in total. The van der Waals surface area contributed by atoms with Gasteiger partial charge in [-0.3, -0.25) is 0 Å². The van der Waals surface area contributed by atoms with Crippen molar-refractivity contribution in [2.45, 2.75) is 0 Å². The van der Waals surface area contributed by atoms with Crippen LogP contribution in [0, 0.1) is 40.5 Å². The zero-order valence-corrected chi connectivity index (χ0v) is 9.18. The summed E-state index contributed by atoms with van der Waals surface area (Å²) in [6.07, 6.45) is 0.247. The molecular weight excluding hydrogens is 290 g/mol. The Bertz CT molecular complexity index is 488. The molecular formula is C3H5N9O8. The van der Waals surface area contributed by atoms with Crippen LogP contribution in [0.15, 0.2) is 12.0 Å². The molecule has 20 heavy (non-hydrogen) atoms. The van der Waals surface area contributed by atoms with Crippen molar-refractivity contribution in [3.05, 3.63) is 52.5 Å². The zero-order valence-electron chi connectivity index (χ0n) is 9.18. The van der Waals surface area contributed by atoms with Gasteiger partial charge in [0.1, 0.15) is 0 Å². The topological polar surface area (TPSA) is 206 Å². The summed E-state index contributed by atoms with van der Waals surface area (Å²) >= 11 is 0. The zero-order chi connectivity index (χ0) is 15.4. The van der Waals surface area contributed by atoms with E-state index in [-0.39, 0.29) is 21.4 Å². The predicted molar refractivity (Wildman–Crippen MR) is 52.7 cm³/mol. The summed E-state index contributed by atoms with van der Waals surface area (Å²) in [5.74, 6) is -1.06. The summed E-state index contributed by atoms with van der Waals surface area (Å²) in [5, 5.41) is 38.6. The maximum atomic E-state index is 10.7. The van der Waals surface area contributed by atoms with Crippen LogP contribution in [0.3, 0.4) is 0 Å². The molecule has 0 radical (unpaired) electrons. The molecule has 0 spiro atoms. The Morgan fingerprint density at radius 1 is 1.00 bits per heavy atom. The van der Waals surface area contributed by atoms with Gasteiger partial charge in [-0.2, -0.15) is 0 Å². The van der Waals surface area contributed by atoms with Gasteiger partial charge in [-0.05, 0) is 10.5 Å². The van der Waals surface area contributed by atoms with Crippen LogP contribution in [0.4, 0.5) is 0 Å². The van der Waals surface area contributed by atoms with Crippen molar-refractivity contribution in [1.82, 2.24) is 26.3 Å². The van der Waals surface area contributed by atoms with Crippen molar-refractivity contribution in [3.8, 4) is 0 Å². The molecule has 0 aromatic heterocycles. The highest BCUT2D eigenvalue weighted by molar-refractivity contribution is 4.89. The maximum Gasteiger partial charge on any atom is 0.371 e. The molecule has 0 atom stereocenters. The van der Waals surface area contributed by atoms with E-state index in [4.69, 9.17) is 0 Å². The summed E-state index contributed by atoms with van der Waals surface area (Å²) in [4.78, 5) is 40.7. The van der Waals surface area contributed by atoms with E-state index >= 15 is 0 Å². The predicted octanol–water partition coefficient (Wildman–Crippen LogP) is -2.56. The van der Waals surface area contributed by atoms with E-state index < -0.39 is 32.5 Å². The molecule has 0 unspecified atom stereocenters. The smallest absolute Gasteiger partial charge is 0.358 e. The molecule has 0 aliphatic carbocycles. The fourth-order valence-corrected chi connectivity index (χ4v) is 1.15. The lowest BCUT2D eigenvalue weighted by Gasteiger charge is -2.27. The number of nitrogens with one attached hydrogen (secondary N) is 2. The first-order chi connectivity index (χ1) is 9.22. The molecule has 0 saturated carbocycles. The van der Waals surface area contributed by atoms with Gasteiger partial charge < -0.3 is 10.1 Å². The highest BCUT2D eigenvalue weighted by Gasteiger charge is 2.43. The molecule has 0 aromatic rings. The normalized spacial score (nSPS) is 15.3. The molecule has 110 valence electrons. The van der Waals surface area contributed by atoms with Gasteiger partial charge in [-0.25, -0.2) is 30.3 Å². The molecule has 17 heteroatoms. The van der Waals surface area contributed by atoms with Crippen LogP contribution >= 0.6 is 0 Å². The Hall–Kier alpha value is -3.50. The summed E-state index contributed by atoms with van der Waals surface area (Å²) in [5.41, 5.74) is 2.71. The number of rotatable bonds is 6. The van der Waals surface area contributed by atoms with Crippen molar-refractivity contribution in [2.75, 3.05) is 6.67 Å². The molecule has 1 heterocycles. The second-order valence-electron chi connectivity index (χ2n) is 2.99. The lowest BCUT2D eigenvalue weighted by molar-refractivity contribution is -0.729. The maximum absolute atomic E-state index is 10.7.